The normalized spacial score (nSPS) is 10.3. The van der Waals surface area contributed by atoms with Crippen LogP contribution >= 0.6 is 11.6 Å². The fraction of sp³-hybridized carbons (Fsp3) is 0.385. The highest BCUT2D eigenvalue weighted by Gasteiger charge is 2.15. The SMILES string of the molecule is COC(=O)CN(CC(=O)OC)Cc1cccc(Cl)c1. The third-order valence-corrected chi connectivity index (χ3v) is 2.69. The predicted octanol–water partition coefficient (Wildman–Crippen LogP) is 1.49. The van der Waals surface area contributed by atoms with Gasteiger partial charge in [0.25, 0.3) is 0 Å². The van der Waals surface area contributed by atoms with Crippen LogP contribution in [0.2, 0.25) is 5.02 Å². The molecule has 104 valence electrons. The molecule has 6 heteroatoms. The van der Waals surface area contributed by atoms with Crippen molar-refractivity contribution < 1.29 is 19.1 Å². The van der Waals surface area contributed by atoms with Crippen LogP contribution in [-0.2, 0) is 25.6 Å². The van der Waals surface area contributed by atoms with Crippen LogP contribution in [0.1, 0.15) is 5.56 Å². The van der Waals surface area contributed by atoms with Gasteiger partial charge in [0.05, 0.1) is 27.3 Å². The van der Waals surface area contributed by atoms with E-state index < -0.39 is 11.9 Å². The molecule has 1 aromatic rings. The summed E-state index contributed by atoms with van der Waals surface area (Å²) in [4.78, 5) is 24.2. The van der Waals surface area contributed by atoms with Crippen LogP contribution in [0, 0.1) is 0 Å². The molecule has 1 rings (SSSR count). The molecule has 0 spiro atoms. The van der Waals surface area contributed by atoms with Gasteiger partial charge in [0.2, 0.25) is 0 Å². The van der Waals surface area contributed by atoms with Crippen LogP contribution in [0.3, 0.4) is 0 Å². The van der Waals surface area contributed by atoms with E-state index in [1.165, 1.54) is 14.2 Å². The molecule has 0 aliphatic rings. The lowest BCUT2D eigenvalue weighted by molar-refractivity contribution is -0.145. The van der Waals surface area contributed by atoms with Gasteiger partial charge in [-0.15, -0.1) is 0 Å². The van der Waals surface area contributed by atoms with E-state index in [0.29, 0.717) is 11.6 Å². The van der Waals surface area contributed by atoms with E-state index in [1.807, 2.05) is 12.1 Å². The minimum Gasteiger partial charge on any atom is -0.468 e. The summed E-state index contributed by atoms with van der Waals surface area (Å²) < 4.78 is 9.20. The second kappa shape index (κ2) is 7.76. The van der Waals surface area contributed by atoms with Crippen LogP contribution in [0.25, 0.3) is 0 Å². The molecule has 0 heterocycles. The number of nitrogens with zero attached hydrogens (tertiary/aromatic N) is 1. The van der Waals surface area contributed by atoms with Crippen molar-refractivity contribution in [3.8, 4) is 0 Å². The molecule has 19 heavy (non-hydrogen) atoms. The van der Waals surface area contributed by atoms with Gasteiger partial charge in [0.1, 0.15) is 0 Å². The molecule has 0 N–H and O–H groups in total. The summed E-state index contributed by atoms with van der Waals surface area (Å²) in [5.41, 5.74) is 0.903. The van der Waals surface area contributed by atoms with Crippen LogP contribution in [0.4, 0.5) is 0 Å². The van der Waals surface area contributed by atoms with Crippen molar-refractivity contribution in [1.82, 2.24) is 4.90 Å². The molecule has 0 saturated carbocycles. The highest BCUT2D eigenvalue weighted by atomic mass is 35.5. The maximum atomic E-state index is 11.3. The lowest BCUT2D eigenvalue weighted by atomic mass is 10.2. The standard InChI is InChI=1S/C13H16ClNO4/c1-18-12(16)8-15(9-13(17)19-2)7-10-4-3-5-11(14)6-10/h3-6H,7-9H2,1-2H3. The smallest absolute Gasteiger partial charge is 0.319 e. The molecule has 0 atom stereocenters. The Kier molecular flexibility index (Phi) is 6.32. The lowest BCUT2D eigenvalue weighted by Crippen LogP contribution is -2.35. The summed E-state index contributed by atoms with van der Waals surface area (Å²) in [6, 6.07) is 7.22. The van der Waals surface area contributed by atoms with Gasteiger partial charge in [0, 0.05) is 11.6 Å². The van der Waals surface area contributed by atoms with Gasteiger partial charge >= 0.3 is 11.9 Å². The first-order valence-electron chi connectivity index (χ1n) is 5.65. The topological polar surface area (TPSA) is 55.8 Å². The molecule has 5 nitrogen and oxygen atoms in total. The fourth-order valence-electron chi connectivity index (χ4n) is 1.56. The Hall–Kier alpha value is -1.59. The third-order valence-electron chi connectivity index (χ3n) is 2.46. The largest absolute Gasteiger partial charge is 0.468 e. The van der Waals surface area contributed by atoms with Gasteiger partial charge in [-0.2, -0.15) is 0 Å². The van der Waals surface area contributed by atoms with Gasteiger partial charge in [-0.25, -0.2) is 0 Å². The molecule has 0 aliphatic carbocycles. The van der Waals surface area contributed by atoms with Gasteiger partial charge in [-0.3, -0.25) is 14.5 Å². The number of ether oxygens (including phenoxy) is 2. The van der Waals surface area contributed by atoms with E-state index in [0.717, 1.165) is 5.56 Å². The van der Waals surface area contributed by atoms with Gasteiger partial charge < -0.3 is 9.47 Å². The first kappa shape index (κ1) is 15.5. The molecule has 0 aromatic heterocycles. The predicted molar refractivity (Wildman–Crippen MR) is 70.8 cm³/mol. The Bertz CT molecular complexity index is 432. The maximum absolute atomic E-state index is 11.3. The van der Waals surface area contributed by atoms with Crippen molar-refractivity contribution in [1.29, 1.82) is 0 Å². The number of hydrogen-bond acceptors (Lipinski definition) is 5. The van der Waals surface area contributed by atoms with Crippen molar-refractivity contribution in [3.63, 3.8) is 0 Å². The second-order valence-corrected chi connectivity index (χ2v) is 4.36. The zero-order chi connectivity index (χ0) is 14.3. The molecule has 0 bridgehead atoms. The van der Waals surface area contributed by atoms with E-state index in [2.05, 4.69) is 9.47 Å². The van der Waals surface area contributed by atoms with E-state index in [9.17, 15) is 9.59 Å². The lowest BCUT2D eigenvalue weighted by Gasteiger charge is -2.19. The fourth-order valence-corrected chi connectivity index (χ4v) is 1.77. The minimum atomic E-state index is -0.411. The van der Waals surface area contributed by atoms with Crippen LogP contribution in [-0.4, -0.2) is 44.1 Å². The van der Waals surface area contributed by atoms with E-state index in [-0.39, 0.29) is 13.1 Å². The molecule has 0 saturated heterocycles. The number of carbonyl (C=O) groups excluding carboxylic acids is 2. The Morgan fingerprint density at radius 3 is 2.21 bits per heavy atom. The summed E-state index contributed by atoms with van der Waals surface area (Å²) in [6.45, 7) is 0.432. The number of hydrogen-bond donors (Lipinski definition) is 0. The summed E-state index contributed by atoms with van der Waals surface area (Å²) in [5.74, 6) is -0.822. The van der Waals surface area contributed by atoms with Gasteiger partial charge in [0.15, 0.2) is 0 Å². The molecule has 1 aromatic carbocycles. The second-order valence-electron chi connectivity index (χ2n) is 3.93. The first-order chi connectivity index (χ1) is 9.05. The van der Waals surface area contributed by atoms with Crippen LogP contribution < -0.4 is 0 Å². The number of rotatable bonds is 6. The van der Waals surface area contributed by atoms with Crippen LogP contribution in [0.15, 0.2) is 24.3 Å². The number of benzene rings is 1. The summed E-state index contributed by atoms with van der Waals surface area (Å²) >= 11 is 5.89. The van der Waals surface area contributed by atoms with Crippen LogP contribution in [0.5, 0.6) is 0 Å². The number of carbonyl (C=O) groups is 2. The average molecular weight is 286 g/mol. The first-order valence-corrected chi connectivity index (χ1v) is 6.03. The minimum absolute atomic E-state index is 0.0120. The monoisotopic (exact) mass is 285 g/mol. The zero-order valence-corrected chi connectivity index (χ0v) is 11.6. The highest BCUT2D eigenvalue weighted by Crippen LogP contribution is 2.12. The molecule has 0 amide bonds. The molecule has 0 aliphatic heterocycles. The zero-order valence-electron chi connectivity index (χ0n) is 10.9. The van der Waals surface area contributed by atoms with Crippen molar-refractivity contribution in [3.05, 3.63) is 34.9 Å². The van der Waals surface area contributed by atoms with Gasteiger partial charge in [-0.1, -0.05) is 23.7 Å². The maximum Gasteiger partial charge on any atom is 0.319 e. The van der Waals surface area contributed by atoms with Crippen molar-refractivity contribution in [2.75, 3.05) is 27.3 Å². The Morgan fingerprint density at radius 1 is 1.16 bits per heavy atom. The molecular formula is C13H16ClNO4. The van der Waals surface area contributed by atoms with Crippen molar-refractivity contribution >= 4 is 23.5 Å². The molecule has 0 fully saturated rings. The summed E-state index contributed by atoms with van der Waals surface area (Å²) in [5, 5.41) is 0.605. The van der Waals surface area contributed by atoms with E-state index in [4.69, 9.17) is 11.6 Å². The number of halogens is 1. The average Bonchev–Trinajstić information content (AvgIpc) is 2.38. The Balaban J connectivity index is 2.72. The molecule has 0 radical (unpaired) electrons. The Morgan fingerprint density at radius 2 is 1.74 bits per heavy atom. The van der Waals surface area contributed by atoms with Gasteiger partial charge in [-0.05, 0) is 17.7 Å². The molecule has 0 unspecified atom stereocenters. The third kappa shape index (κ3) is 5.72. The Labute approximate surface area is 117 Å². The summed E-state index contributed by atoms with van der Waals surface area (Å²) in [7, 11) is 2.61. The number of methoxy groups -OCH3 is 2. The quantitative estimate of drug-likeness (QED) is 0.741. The summed E-state index contributed by atoms with van der Waals surface area (Å²) in [6.07, 6.45) is 0. The van der Waals surface area contributed by atoms with E-state index in [1.54, 1.807) is 17.0 Å². The van der Waals surface area contributed by atoms with Crippen molar-refractivity contribution in [2.24, 2.45) is 0 Å². The number of esters is 2. The van der Waals surface area contributed by atoms with Crippen molar-refractivity contribution in [2.45, 2.75) is 6.54 Å². The van der Waals surface area contributed by atoms with E-state index >= 15 is 0 Å². The highest BCUT2D eigenvalue weighted by molar-refractivity contribution is 6.30. The molecular weight excluding hydrogens is 270 g/mol.